The van der Waals surface area contributed by atoms with Crippen molar-refractivity contribution < 1.29 is 13.3 Å². The van der Waals surface area contributed by atoms with Crippen molar-refractivity contribution in [3.63, 3.8) is 0 Å². The number of rotatable bonds is 3. The van der Waals surface area contributed by atoms with E-state index in [-0.39, 0.29) is 11.6 Å². The van der Waals surface area contributed by atoms with E-state index < -0.39 is 17.6 Å². The summed E-state index contributed by atoms with van der Waals surface area (Å²) in [6.07, 6.45) is -2.56. The average Bonchev–Trinajstić information content (AvgIpc) is 2.89. The van der Waals surface area contributed by atoms with Crippen LogP contribution in [0.25, 0.3) is 10.9 Å². The van der Waals surface area contributed by atoms with E-state index in [2.05, 4.69) is 4.98 Å². The highest BCUT2D eigenvalue weighted by atomic mass is 32.2. The number of fused-ring (bicyclic) bond motifs is 2. The Morgan fingerprint density at radius 2 is 1.90 bits per heavy atom. The fraction of sp³-hybridized carbons (Fsp3) is 0.333. The zero-order valence-electron chi connectivity index (χ0n) is 16.2. The standard InChI is InChI=1S/C21H21F2N5OS/c22-19(23)13-5-6-17-16(9-13)20(28-11-15(24)12-28)26-21(25-17)27-7-8-30(29)18-4-2-1-3-14(18)10-27/h1-6,9,15,19H,7-8,10-12,24H2. The van der Waals surface area contributed by atoms with Gasteiger partial charge in [0.25, 0.3) is 6.43 Å². The van der Waals surface area contributed by atoms with Crippen LogP contribution in [0.1, 0.15) is 17.6 Å². The Labute approximate surface area is 175 Å². The lowest BCUT2D eigenvalue weighted by Gasteiger charge is -2.38. The van der Waals surface area contributed by atoms with Gasteiger partial charge in [0.1, 0.15) is 11.6 Å². The number of hydrogen-bond donors (Lipinski definition) is 1. The molecule has 6 nitrogen and oxygen atoms in total. The van der Waals surface area contributed by atoms with Crippen LogP contribution in [0.15, 0.2) is 47.4 Å². The Morgan fingerprint density at radius 1 is 1.10 bits per heavy atom. The first-order valence-corrected chi connectivity index (χ1v) is 11.1. The van der Waals surface area contributed by atoms with Crippen LogP contribution in [0.5, 0.6) is 0 Å². The molecule has 0 amide bonds. The summed E-state index contributed by atoms with van der Waals surface area (Å²) in [5, 5.41) is 0.599. The van der Waals surface area contributed by atoms with Gasteiger partial charge in [-0.2, -0.15) is 4.98 Å². The summed E-state index contributed by atoms with van der Waals surface area (Å²) < 4.78 is 39.1. The summed E-state index contributed by atoms with van der Waals surface area (Å²) in [6.45, 7) is 2.33. The first-order valence-electron chi connectivity index (χ1n) is 9.81. The van der Waals surface area contributed by atoms with Gasteiger partial charge in [-0.05, 0) is 29.4 Å². The molecule has 2 aliphatic rings. The molecule has 1 unspecified atom stereocenters. The number of halogens is 2. The number of nitrogens with zero attached hydrogens (tertiary/aromatic N) is 4. The van der Waals surface area contributed by atoms with Crippen molar-refractivity contribution in [3.8, 4) is 0 Å². The van der Waals surface area contributed by atoms with Crippen molar-refractivity contribution in [1.82, 2.24) is 9.97 Å². The molecule has 2 aromatic carbocycles. The molecule has 30 heavy (non-hydrogen) atoms. The third-order valence-electron chi connectivity index (χ3n) is 5.56. The Hall–Kier alpha value is -2.49. The molecule has 0 radical (unpaired) electrons. The van der Waals surface area contributed by atoms with Gasteiger partial charge in [0, 0.05) is 35.6 Å². The lowest BCUT2D eigenvalue weighted by atomic mass is 10.1. The highest BCUT2D eigenvalue weighted by Gasteiger charge is 2.29. The van der Waals surface area contributed by atoms with Gasteiger partial charge < -0.3 is 20.1 Å². The summed E-state index contributed by atoms with van der Waals surface area (Å²) in [6, 6.07) is 12.2. The van der Waals surface area contributed by atoms with Crippen LogP contribution in [0.4, 0.5) is 20.5 Å². The number of anilines is 2. The molecule has 3 aromatic rings. The predicted octanol–water partition coefficient (Wildman–Crippen LogP) is 2.84. The normalized spacial score (nSPS) is 19.7. The zero-order valence-corrected chi connectivity index (χ0v) is 17.0. The van der Waals surface area contributed by atoms with E-state index in [1.807, 2.05) is 34.1 Å². The van der Waals surface area contributed by atoms with Crippen LogP contribution >= 0.6 is 0 Å². The summed E-state index contributed by atoms with van der Waals surface area (Å²) in [7, 11) is 0. The molecule has 0 spiro atoms. The quantitative estimate of drug-likeness (QED) is 0.645. The molecule has 1 fully saturated rings. The fourth-order valence-electron chi connectivity index (χ4n) is 3.94. The molecule has 3 heterocycles. The van der Waals surface area contributed by atoms with E-state index in [0.717, 1.165) is 10.5 Å². The van der Waals surface area contributed by atoms with Crippen molar-refractivity contribution in [2.75, 3.05) is 35.2 Å². The van der Waals surface area contributed by atoms with Crippen molar-refractivity contribution in [3.05, 3.63) is 53.6 Å². The largest absolute Gasteiger partial charge is 0.611 e. The van der Waals surface area contributed by atoms with Crippen LogP contribution in [0, 0.1) is 0 Å². The number of hydrogen-bond acceptors (Lipinski definition) is 6. The molecule has 0 saturated carbocycles. The van der Waals surface area contributed by atoms with Gasteiger partial charge in [-0.3, -0.25) is 0 Å². The molecule has 0 bridgehead atoms. The number of alkyl halides is 2. The van der Waals surface area contributed by atoms with E-state index in [0.29, 0.717) is 54.6 Å². The van der Waals surface area contributed by atoms with E-state index in [1.165, 1.54) is 12.1 Å². The fourth-order valence-corrected chi connectivity index (χ4v) is 5.20. The van der Waals surface area contributed by atoms with Crippen LogP contribution in [-0.2, 0) is 17.7 Å². The average molecular weight is 429 g/mol. The number of nitrogens with two attached hydrogens (primary N) is 1. The first kappa shape index (κ1) is 19.5. The molecular weight excluding hydrogens is 408 g/mol. The minimum atomic E-state index is -2.56. The first-order chi connectivity index (χ1) is 14.5. The molecule has 5 rings (SSSR count). The molecule has 2 aliphatic heterocycles. The van der Waals surface area contributed by atoms with Crippen molar-refractivity contribution in [2.45, 2.75) is 23.9 Å². The van der Waals surface area contributed by atoms with Gasteiger partial charge in [-0.25, -0.2) is 13.8 Å². The van der Waals surface area contributed by atoms with Crippen molar-refractivity contribution in [1.29, 1.82) is 0 Å². The third-order valence-corrected chi connectivity index (χ3v) is 7.00. The zero-order chi connectivity index (χ0) is 20.8. The van der Waals surface area contributed by atoms with Gasteiger partial charge in [0.05, 0.1) is 18.6 Å². The summed E-state index contributed by atoms with van der Waals surface area (Å²) >= 11 is -1.08. The maximum Gasteiger partial charge on any atom is 0.263 e. The second kappa shape index (κ2) is 7.64. The van der Waals surface area contributed by atoms with Crippen molar-refractivity contribution in [2.24, 2.45) is 5.73 Å². The second-order valence-electron chi connectivity index (χ2n) is 7.67. The molecule has 156 valence electrons. The third kappa shape index (κ3) is 3.46. The van der Waals surface area contributed by atoms with Gasteiger partial charge in [-0.1, -0.05) is 24.3 Å². The topological polar surface area (TPSA) is 81.3 Å². The minimum absolute atomic E-state index is 0.0456. The highest BCUT2D eigenvalue weighted by molar-refractivity contribution is 7.91. The second-order valence-corrected chi connectivity index (χ2v) is 9.21. The van der Waals surface area contributed by atoms with Gasteiger partial charge in [-0.15, -0.1) is 0 Å². The van der Waals surface area contributed by atoms with Crippen LogP contribution in [-0.4, -0.2) is 45.9 Å². The maximum atomic E-state index is 13.3. The van der Waals surface area contributed by atoms with E-state index >= 15 is 0 Å². The number of aromatic nitrogens is 2. The monoisotopic (exact) mass is 429 g/mol. The van der Waals surface area contributed by atoms with Crippen LogP contribution < -0.4 is 15.5 Å². The molecule has 9 heteroatoms. The lowest BCUT2D eigenvalue weighted by molar-refractivity contribution is 0.151. The Bertz CT molecular complexity index is 1090. The maximum absolute atomic E-state index is 13.3. The Kier molecular flexibility index (Phi) is 4.96. The SMILES string of the molecule is NC1CN(c2nc(N3CC[S+]([O-])c4ccccc4C3)nc3ccc(C(F)F)cc23)C1. The van der Waals surface area contributed by atoms with E-state index in [1.54, 1.807) is 6.07 Å². The van der Waals surface area contributed by atoms with Gasteiger partial charge >= 0.3 is 0 Å². The summed E-state index contributed by atoms with van der Waals surface area (Å²) in [5.41, 5.74) is 7.49. The van der Waals surface area contributed by atoms with Crippen LogP contribution in [0.3, 0.4) is 0 Å². The summed E-state index contributed by atoms with van der Waals surface area (Å²) in [5.74, 6) is 1.61. The lowest BCUT2D eigenvalue weighted by Crippen LogP contribution is -2.56. The molecule has 1 aromatic heterocycles. The molecule has 1 atom stereocenters. The highest BCUT2D eigenvalue weighted by Crippen LogP contribution is 2.33. The van der Waals surface area contributed by atoms with E-state index in [9.17, 15) is 13.3 Å². The van der Waals surface area contributed by atoms with Gasteiger partial charge in [0.15, 0.2) is 4.90 Å². The molecule has 0 aliphatic carbocycles. The Balaban J connectivity index is 1.59. The predicted molar refractivity (Wildman–Crippen MR) is 113 cm³/mol. The van der Waals surface area contributed by atoms with E-state index in [4.69, 9.17) is 10.7 Å². The van der Waals surface area contributed by atoms with Crippen LogP contribution in [0.2, 0.25) is 0 Å². The Morgan fingerprint density at radius 3 is 2.67 bits per heavy atom. The number of benzene rings is 2. The molecular formula is C21H21F2N5OS. The minimum Gasteiger partial charge on any atom is -0.611 e. The van der Waals surface area contributed by atoms with Crippen molar-refractivity contribution >= 4 is 33.8 Å². The van der Waals surface area contributed by atoms with Gasteiger partial charge in [0.2, 0.25) is 5.95 Å². The summed E-state index contributed by atoms with van der Waals surface area (Å²) in [4.78, 5) is 14.3. The molecule has 1 saturated heterocycles. The smallest absolute Gasteiger partial charge is 0.263 e. The molecule has 2 N–H and O–H groups in total.